The van der Waals surface area contributed by atoms with E-state index in [1.165, 1.54) is 14.0 Å². The standard InChI is InChI=1S/C14H18N2O3/c1-10(17)13-4-3-12(9-15-13)16-7-5-11(6-8-16)14(18)19-2/h3-4,9,11H,5-8H2,1-2H3. The molecule has 1 fully saturated rings. The molecule has 2 heterocycles. The summed E-state index contributed by atoms with van der Waals surface area (Å²) in [6.45, 7) is 3.12. The van der Waals surface area contributed by atoms with Gasteiger partial charge in [-0.25, -0.2) is 0 Å². The van der Waals surface area contributed by atoms with Gasteiger partial charge in [-0.15, -0.1) is 0 Å². The SMILES string of the molecule is COC(=O)C1CCN(c2ccc(C(C)=O)nc2)CC1. The Morgan fingerprint density at radius 1 is 1.32 bits per heavy atom. The molecule has 1 aromatic rings. The third kappa shape index (κ3) is 3.10. The number of Topliss-reactive ketones (excluding diaryl/α,β-unsaturated/α-hetero) is 1. The molecule has 5 heteroatoms. The molecule has 0 aromatic carbocycles. The molecule has 1 saturated heterocycles. The number of aromatic nitrogens is 1. The number of rotatable bonds is 3. The summed E-state index contributed by atoms with van der Waals surface area (Å²) in [5, 5.41) is 0. The Balaban J connectivity index is 1.97. The smallest absolute Gasteiger partial charge is 0.308 e. The molecule has 0 saturated carbocycles. The topological polar surface area (TPSA) is 59.5 Å². The zero-order chi connectivity index (χ0) is 13.8. The molecular formula is C14H18N2O3. The molecule has 0 bridgehead atoms. The summed E-state index contributed by atoms with van der Waals surface area (Å²) in [6, 6.07) is 3.65. The average molecular weight is 262 g/mol. The summed E-state index contributed by atoms with van der Waals surface area (Å²) in [7, 11) is 1.43. The van der Waals surface area contributed by atoms with Crippen molar-refractivity contribution in [2.24, 2.45) is 5.92 Å². The van der Waals surface area contributed by atoms with Crippen molar-refractivity contribution < 1.29 is 14.3 Å². The van der Waals surface area contributed by atoms with Gasteiger partial charge in [0.25, 0.3) is 0 Å². The van der Waals surface area contributed by atoms with Crippen molar-refractivity contribution in [1.82, 2.24) is 4.98 Å². The first-order chi connectivity index (χ1) is 9.11. The molecule has 5 nitrogen and oxygen atoms in total. The van der Waals surface area contributed by atoms with E-state index in [2.05, 4.69) is 9.88 Å². The maximum Gasteiger partial charge on any atom is 0.308 e. The van der Waals surface area contributed by atoms with Crippen LogP contribution in [0.4, 0.5) is 5.69 Å². The fourth-order valence-electron chi connectivity index (χ4n) is 2.32. The number of carbonyl (C=O) groups is 2. The summed E-state index contributed by atoms with van der Waals surface area (Å²) in [5.74, 6) is -0.147. The third-order valence-corrected chi connectivity index (χ3v) is 3.50. The van der Waals surface area contributed by atoms with E-state index in [-0.39, 0.29) is 17.7 Å². The molecular weight excluding hydrogens is 244 g/mol. The van der Waals surface area contributed by atoms with Crippen LogP contribution >= 0.6 is 0 Å². The number of ether oxygens (including phenoxy) is 1. The normalized spacial score (nSPS) is 16.2. The van der Waals surface area contributed by atoms with Gasteiger partial charge in [-0.05, 0) is 25.0 Å². The number of carbonyl (C=O) groups excluding carboxylic acids is 2. The molecule has 0 radical (unpaired) electrons. The quantitative estimate of drug-likeness (QED) is 0.612. The predicted octanol–water partition coefficient (Wildman–Crippen LogP) is 1.67. The summed E-state index contributed by atoms with van der Waals surface area (Å²) in [5.41, 5.74) is 1.47. The highest BCUT2D eigenvalue weighted by Crippen LogP contribution is 2.23. The highest BCUT2D eigenvalue weighted by atomic mass is 16.5. The van der Waals surface area contributed by atoms with Gasteiger partial charge in [0.1, 0.15) is 5.69 Å². The van der Waals surface area contributed by atoms with Gasteiger partial charge >= 0.3 is 5.97 Å². The minimum Gasteiger partial charge on any atom is -0.469 e. The lowest BCUT2D eigenvalue weighted by Gasteiger charge is -2.32. The van der Waals surface area contributed by atoms with E-state index in [0.717, 1.165) is 31.6 Å². The molecule has 0 atom stereocenters. The van der Waals surface area contributed by atoms with Crippen LogP contribution in [-0.4, -0.2) is 36.9 Å². The Labute approximate surface area is 112 Å². The predicted molar refractivity (Wildman–Crippen MR) is 71.2 cm³/mol. The number of ketones is 1. The number of pyridine rings is 1. The van der Waals surface area contributed by atoms with E-state index in [0.29, 0.717) is 5.69 Å². The lowest BCUT2D eigenvalue weighted by Crippen LogP contribution is -2.36. The Bertz CT molecular complexity index is 462. The van der Waals surface area contributed by atoms with Crippen molar-refractivity contribution in [3.8, 4) is 0 Å². The number of anilines is 1. The van der Waals surface area contributed by atoms with Gasteiger partial charge in [-0.2, -0.15) is 0 Å². The highest BCUT2D eigenvalue weighted by Gasteiger charge is 2.25. The second-order valence-corrected chi connectivity index (χ2v) is 4.74. The van der Waals surface area contributed by atoms with E-state index >= 15 is 0 Å². The number of piperidine rings is 1. The molecule has 0 N–H and O–H groups in total. The molecule has 19 heavy (non-hydrogen) atoms. The van der Waals surface area contributed by atoms with Crippen LogP contribution in [0, 0.1) is 5.92 Å². The van der Waals surface area contributed by atoms with Gasteiger partial charge in [-0.1, -0.05) is 0 Å². The summed E-state index contributed by atoms with van der Waals surface area (Å²) in [4.78, 5) is 28.9. The van der Waals surface area contributed by atoms with Crippen molar-refractivity contribution >= 4 is 17.4 Å². The molecule has 0 spiro atoms. The van der Waals surface area contributed by atoms with Crippen LogP contribution in [0.1, 0.15) is 30.3 Å². The number of hydrogen-bond donors (Lipinski definition) is 0. The van der Waals surface area contributed by atoms with Crippen LogP contribution in [0.2, 0.25) is 0 Å². The Kier molecular flexibility index (Phi) is 4.14. The zero-order valence-corrected chi connectivity index (χ0v) is 11.3. The van der Waals surface area contributed by atoms with Crippen molar-refractivity contribution in [2.45, 2.75) is 19.8 Å². The van der Waals surface area contributed by atoms with Gasteiger partial charge in [0.05, 0.1) is 24.9 Å². The molecule has 102 valence electrons. The summed E-state index contributed by atoms with van der Waals surface area (Å²) < 4.78 is 4.77. The van der Waals surface area contributed by atoms with Gasteiger partial charge in [0, 0.05) is 20.0 Å². The van der Waals surface area contributed by atoms with Crippen LogP contribution in [0.3, 0.4) is 0 Å². The van der Waals surface area contributed by atoms with Crippen LogP contribution in [0.15, 0.2) is 18.3 Å². The van der Waals surface area contributed by atoms with E-state index in [1.807, 2.05) is 6.07 Å². The van der Waals surface area contributed by atoms with Crippen molar-refractivity contribution in [1.29, 1.82) is 0 Å². The first-order valence-corrected chi connectivity index (χ1v) is 6.41. The molecule has 2 rings (SSSR count). The number of esters is 1. The molecule has 1 aromatic heterocycles. The second kappa shape index (κ2) is 5.82. The fraction of sp³-hybridized carbons (Fsp3) is 0.500. The zero-order valence-electron chi connectivity index (χ0n) is 11.3. The largest absolute Gasteiger partial charge is 0.469 e. The van der Waals surface area contributed by atoms with Gasteiger partial charge < -0.3 is 9.64 Å². The molecule has 0 aliphatic carbocycles. The van der Waals surface area contributed by atoms with E-state index < -0.39 is 0 Å². The van der Waals surface area contributed by atoms with E-state index in [1.54, 1.807) is 12.3 Å². The minimum atomic E-state index is -0.121. The van der Waals surface area contributed by atoms with Crippen LogP contribution in [-0.2, 0) is 9.53 Å². The Morgan fingerprint density at radius 2 is 2.00 bits per heavy atom. The lowest BCUT2D eigenvalue weighted by atomic mass is 9.97. The number of methoxy groups -OCH3 is 1. The monoisotopic (exact) mass is 262 g/mol. The van der Waals surface area contributed by atoms with Gasteiger partial charge in [-0.3, -0.25) is 14.6 Å². The molecule has 0 amide bonds. The van der Waals surface area contributed by atoms with Crippen molar-refractivity contribution in [3.63, 3.8) is 0 Å². The first kappa shape index (κ1) is 13.5. The minimum absolute atomic E-state index is 0.00528. The Morgan fingerprint density at radius 3 is 2.47 bits per heavy atom. The van der Waals surface area contributed by atoms with Crippen LogP contribution in [0.25, 0.3) is 0 Å². The lowest BCUT2D eigenvalue weighted by molar-refractivity contribution is -0.146. The van der Waals surface area contributed by atoms with E-state index in [9.17, 15) is 9.59 Å². The number of hydrogen-bond acceptors (Lipinski definition) is 5. The average Bonchev–Trinajstić information content (AvgIpc) is 2.46. The fourth-order valence-corrected chi connectivity index (χ4v) is 2.32. The van der Waals surface area contributed by atoms with Crippen molar-refractivity contribution in [3.05, 3.63) is 24.0 Å². The van der Waals surface area contributed by atoms with Crippen LogP contribution in [0.5, 0.6) is 0 Å². The molecule has 0 unspecified atom stereocenters. The van der Waals surface area contributed by atoms with Gasteiger partial charge in [0.2, 0.25) is 0 Å². The molecule has 1 aliphatic heterocycles. The maximum absolute atomic E-state index is 11.4. The highest BCUT2D eigenvalue weighted by molar-refractivity contribution is 5.92. The van der Waals surface area contributed by atoms with Gasteiger partial charge in [0.15, 0.2) is 5.78 Å². The summed E-state index contributed by atoms with van der Waals surface area (Å²) >= 11 is 0. The van der Waals surface area contributed by atoms with Crippen molar-refractivity contribution in [2.75, 3.05) is 25.1 Å². The first-order valence-electron chi connectivity index (χ1n) is 6.41. The third-order valence-electron chi connectivity index (χ3n) is 3.50. The van der Waals surface area contributed by atoms with Crippen LogP contribution < -0.4 is 4.90 Å². The second-order valence-electron chi connectivity index (χ2n) is 4.74. The summed E-state index contributed by atoms with van der Waals surface area (Å²) in [6.07, 6.45) is 3.30. The van der Waals surface area contributed by atoms with E-state index in [4.69, 9.17) is 4.74 Å². The molecule has 1 aliphatic rings. The maximum atomic E-state index is 11.4. The Hall–Kier alpha value is -1.91. The number of nitrogens with zero attached hydrogens (tertiary/aromatic N) is 2.